The molecule has 0 bridgehead atoms. The van der Waals surface area contributed by atoms with Crippen molar-refractivity contribution in [2.24, 2.45) is 5.84 Å². The van der Waals surface area contributed by atoms with E-state index in [4.69, 9.17) is 17.4 Å². The Morgan fingerprint density at radius 3 is 2.71 bits per heavy atom. The smallest absolute Gasteiger partial charge is 0.0438 e. The number of aryl methyl sites for hydroxylation is 1. The molecule has 0 radical (unpaired) electrons. The van der Waals surface area contributed by atoms with E-state index in [-0.39, 0.29) is 6.04 Å². The van der Waals surface area contributed by atoms with Crippen LogP contribution in [0.2, 0.25) is 5.02 Å². The van der Waals surface area contributed by atoms with E-state index < -0.39 is 0 Å². The van der Waals surface area contributed by atoms with Crippen LogP contribution in [0.4, 0.5) is 0 Å². The quantitative estimate of drug-likeness (QED) is 0.665. The molecule has 2 unspecified atom stereocenters. The zero-order chi connectivity index (χ0) is 14.7. The summed E-state index contributed by atoms with van der Waals surface area (Å²) in [5, 5.41) is 0.821. The van der Waals surface area contributed by atoms with E-state index in [9.17, 15) is 0 Å². The first-order chi connectivity index (χ1) is 10.3. The van der Waals surface area contributed by atoms with Crippen molar-refractivity contribution in [1.29, 1.82) is 0 Å². The number of nitrogens with two attached hydrogens (primary N) is 1. The van der Waals surface area contributed by atoms with Crippen molar-refractivity contribution >= 4 is 11.6 Å². The molecule has 0 aliphatic heterocycles. The molecule has 2 atom stereocenters. The van der Waals surface area contributed by atoms with Gasteiger partial charge in [-0.2, -0.15) is 0 Å². The van der Waals surface area contributed by atoms with Gasteiger partial charge in [0.25, 0.3) is 0 Å². The molecule has 110 valence electrons. The second-order valence-corrected chi connectivity index (χ2v) is 6.17. The highest BCUT2D eigenvalue weighted by Gasteiger charge is 2.27. The molecule has 21 heavy (non-hydrogen) atoms. The summed E-state index contributed by atoms with van der Waals surface area (Å²) in [5.41, 5.74) is 7.10. The lowest BCUT2D eigenvalue weighted by molar-refractivity contribution is 0.395. The average Bonchev–Trinajstić information content (AvgIpc) is 2.54. The summed E-state index contributed by atoms with van der Waals surface area (Å²) >= 11 is 6.30. The molecule has 0 fully saturated rings. The van der Waals surface area contributed by atoms with Crippen LogP contribution in [0.5, 0.6) is 0 Å². The van der Waals surface area contributed by atoms with Crippen molar-refractivity contribution in [3.63, 3.8) is 0 Å². The van der Waals surface area contributed by atoms with E-state index in [0.717, 1.165) is 17.0 Å². The molecule has 0 saturated carbocycles. The summed E-state index contributed by atoms with van der Waals surface area (Å²) in [6.07, 6.45) is 4.43. The third kappa shape index (κ3) is 3.13. The summed E-state index contributed by atoms with van der Waals surface area (Å²) in [4.78, 5) is 0. The van der Waals surface area contributed by atoms with Crippen molar-refractivity contribution in [2.75, 3.05) is 0 Å². The number of hydrogen-bond acceptors (Lipinski definition) is 2. The van der Waals surface area contributed by atoms with Crippen LogP contribution in [-0.2, 0) is 12.8 Å². The fourth-order valence-corrected chi connectivity index (χ4v) is 3.64. The first-order valence-corrected chi connectivity index (χ1v) is 7.94. The maximum Gasteiger partial charge on any atom is 0.0438 e. The van der Waals surface area contributed by atoms with Gasteiger partial charge in [-0.05, 0) is 48.4 Å². The van der Waals surface area contributed by atoms with Crippen molar-refractivity contribution in [3.05, 3.63) is 70.2 Å². The molecule has 3 N–H and O–H groups in total. The Labute approximate surface area is 131 Å². The maximum atomic E-state index is 6.30. The summed E-state index contributed by atoms with van der Waals surface area (Å²) < 4.78 is 0. The molecule has 1 aliphatic carbocycles. The van der Waals surface area contributed by atoms with Crippen molar-refractivity contribution in [3.8, 4) is 0 Å². The lowest BCUT2D eigenvalue weighted by atomic mass is 9.77. The van der Waals surface area contributed by atoms with Crippen LogP contribution >= 0.6 is 11.6 Å². The molecule has 2 aromatic rings. The van der Waals surface area contributed by atoms with Crippen molar-refractivity contribution in [1.82, 2.24) is 5.43 Å². The van der Waals surface area contributed by atoms with Gasteiger partial charge in [-0.3, -0.25) is 11.3 Å². The summed E-state index contributed by atoms with van der Waals surface area (Å²) in [5.74, 6) is 6.32. The van der Waals surface area contributed by atoms with Gasteiger partial charge in [-0.1, -0.05) is 54.1 Å². The summed E-state index contributed by atoms with van der Waals surface area (Å²) in [6, 6.07) is 17.0. The van der Waals surface area contributed by atoms with Crippen LogP contribution in [-0.4, -0.2) is 6.04 Å². The topological polar surface area (TPSA) is 38.0 Å². The van der Waals surface area contributed by atoms with Crippen molar-refractivity contribution < 1.29 is 0 Å². The van der Waals surface area contributed by atoms with Crippen LogP contribution in [0.1, 0.15) is 35.4 Å². The predicted octanol–water partition coefficient (Wildman–Crippen LogP) is 3.83. The molecule has 0 amide bonds. The maximum absolute atomic E-state index is 6.30. The van der Waals surface area contributed by atoms with E-state index in [0.29, 0.717) is 5.92 Å². The highest BCUT2D eigenvalue weighted by Crippen LogP contribution is 2.35. The third-order valence-corrected chi connectivity index (χ3v) is 4.88. The van der Waals surface area contributed by atoms with E-state index in [1.807, 2.05) is 18.2 Å². The minimum Gasteiger partial charge on any atom is -0.271 e. The lowest BCUT2D eigenvalue weighted by Crippen LogP contribution is -2.42. The molecule has 2 aromatic carbocycles. The number of halogens is 1. The minimum absolute atomic E-state index is 0.214. The monoisotopic (exact) mass is 300 g/mol. The van der Waals surface area contributed by atoms with Crippen LogP contribution in [0.25, 0.3) is 0 Å². The number of benzene rings is 2. The summed E-state index contributed by atoms with van der Waals surface area (Å²) in [6.45, 7) is 0. The summed E-state index contributed by atoms with van der Waals surface area (Å²) in [7, 11) is 0. The van der Waals surface area contributed by atoms with Crippen LogP contribution in [0, 0.1) is 0 Å². The Morgan fingerprint density at radius 2 is 1.90 bits per heavy atom. The standard InChI is InChI=1S/C18H21ClN2/c19-17-11-4-2-7-14(17)12-18(21-20)16-10-5-8-13-6-1-3-9-15(13)16/h1-4,6-7,9,11,16,18,21H,5,8,10,12,20H2. The number of nitrogens with one attached hydrogen (secondary N) is 1. The lowest BCUT2D eigenvalue weighted by Gasteiger charge is -2.32. The Hall–Kier alpha value is -1.35. The van der Waals surface area contributed by atoms with Crippen LogP contribution in [0.3, 0.4) is 0 Å². The fourth-order valence-electron chi connectivity index (χ4n) is 3.43. The SMILES string of the molecule is NNC(Cc1ccccc1Cl)C1CCCc2ccccc21. The van der Waals surface area contributed by atoms with Gasteiger partial charge in [0.05, 0.1) is 0 Å². The van der Waals surface area contributed by atoms with Gasteiger partial charge >= 0.3 is 0 Å². The second-order valence-electron chi connectivity index (χ2n) is 5.77. The van der Waals surface area contributed by atoms with E-state index >= 15 is 0 Å². The Bertz CT molecular complexity index is 612. The molecule has 1 aliphatic rings. The minimum atomic E-state index is 0.214. The van der Waals surface area contributed by atoms with E-state index in [1.54, 1.807) is 0 Å². The molecule has 3 heteroatoms. The second kappa shape index (κ2) is 6.61. The van der Waals surface area contributed by atoms with E-state index in [2.05, 4.69) is 35.8 Å². The van der Waals surface area contributed by atoms with Gasteiger partial charge in [0, 0.05) is 17.0 Å². The number of hydrogen-bond donors (Lipinski definition) is 2. The molecule has 3 rings (SSSR count). The first-order valence-electron chi connectivity index (χ1n) is 7.57. The number of fused-ring (bicyclic) bond motifs is 1. The van der Waals surface area contributed by atoms with Gasteiger partial charge in [0.1, 0.15) is 0 Å². The molecule has 0 aromatic heterocycles. The van der Waals surface area contributed by atoms with Crippen LogP contribution in [0.15, 0.2) is 48.5 Å². The van der Waals surface area contributed by atoms with Gasteiger partial charge in [-0.25, -0.2) is 0 Å². The Morgan fingerprint density at radius 1 is 1.14 bits per heavy atom. The normalized spacial score (nSPS) is 19.0. The van der Waals surface area contributed by atoms with Crippen molar-refractivity contribution in [2.45, 2.75) is 37.6 Å². The zero-order valence-electron chi connectivity index (χ0n) is 12.1. The third-order valence-electron chi connectivity index (χ3n) is 4.51. The fraction of sp³-hybridized carbons (Fsp3) is 0.333. The highest BCUT2D eigenvalue weighted by atomic mass is 35.5. The largest absolute Gasteiger partial charge is 0.271 e. The number of rotatable bonds is 4. The Balaban J connectivity index is 1.86. The molecule has 0 heterocycles. The first kappa shape index (κ1) is 14.6. The molecule has 2 nitrogen and oxygen atoms in total. The van der Waals surface area contributed by atoms with Crippen LogP contribution < -0.4 is 11.3 Å². The van der Waals surface area contributed by atoms with Gasteiger partial charge < -0.3 is 0 Å². The highest BCUT2D eigenvalue weighted by molar-refractivity contribution is 6.31. The molecule has 0 spiro atoms. The zero-order valence-corrected chi connectivity index (χ0v) is 12.8. The molecular formula is C18H21ClN2. The van der Waals surface area contributed by atoms with Gasteiger partial charge in [-0.15, -0.1) is 0 Å². The Kier molecular flexibility index (Phi) is 4.59. The van der Waals surface area contributed by atoms with E-state index in [1.165, 1.54) is 30.4 Å². The molecule has 0 saturated heterocycles. The predicted molar refractivity (Wildman–Crippen MR) is 88.4 cm³/mol. The van der Waals surface area contributed by atoms with Gasteiger partial charge in [0.2, 0.25) is 0 Å². The average molecular weight is 301 g/mol. The number of hydrazine groups is 1. The van der Waals surface area contributed by atoms with Gasteiger partial charge in [0.15, 0.2) is 0 Å². The molecular weight excluding hydrogens is 280 g/mol.